The molecule has 2 aromatic rings. The first-order valence-electron chi connectivity index (χ1n) is 5.20. The molecule has 19 heavy (non-hydrogen) atoms. The predicted octanol–water partition coefficient (Wildman–Crippen LogP) is 0.968. The number of carboxylic acid groups (broad SMARTS) is 1. The SMILES string of the molecule is Cc1nnc(NC(=O)c2nnc(CCC(=O)O)s2)s1. The predicted molar refractivity (Wildman–Crippen MR) is 68.5 cm³/mol. The molecule has 0 aliphatic heterocycles. The molecule has 2 aromatic heterocycles. The third-order valence-corrected chi connectivity index (χ3v) is 3.70. The van der Waals surface area contributed by atoms with Crippen LogP contribution in [-0.4, -0.2) is 37.4 Å². The second kappa shape index (κ2) is 5.80. The van der Waals surface area contributed by atoms with Crippen molar-refractivity contribution in [2.45, 2.75) is 19.8 Å². The van der Waals surface area contributed by atoms with Crippen LogP contribution in [0.15, 0.2) is 0 Å². The number of nitrogens with one attached hydrogen (secondary N) is 1. The Balaban J connectivity index is 1.97. The van der Waals surface area contributed by atoms with Crippen molar-refractivity contribution in [1.29, 1.82) is 0 Å². The molecule has 0 saturated carbocycles. The zero-order valence-corrected chi connectivity index (χ0v) is 11.4. The van der Waals surface area contributed by atoms with E-state index in [0.717, 1.165) is 16.3 Å². The molecule has 0 radical (unpaired) electrons. The van der Waals surface area contributed by atoms with Crippen LogP contribution >= 0.6 is 22.7 Å². The summed E-state index contributed by atoms with van der Waals surface area (Å²) in [7, 11) is 0. The fourth-order valence-electron chi connectivity index (χ4n) is 1.16. The number of carboxylic acids is 1. The smallest absolute Gasteiger partial charge is 0.303 e. The van der Waals surface area contributed by atoms with Crippen LogP contribution in [0.25, 0.3) is 0 Å². The third-order valence-electron chi connectivity index (χ3n) is 1.96. The first kappa shape index (κ1) is 13.5. The Kier molecular flexibility index (Phi) is 4.12. The number of aliphatic carboxylic acids is 1. The number of carbonyl (C=O) groups excluding carboxylic acids is 1. The van der Waals surface area contributed by atoms with E-state index in [2.05, 4.69) is 25.7 Å². The normalized spacial score (nSPS) is 10.4. The molecule has 0 aliphatic rings. The standard InChI is InChI=1S/C9H9N5O3S2/c1-4-11-14-9(18-4)10-7(17)8-13-12-5(19-8)2-3-6(15)16/h2-3H2,1H3,(H,15,16)(H,10,14,17). The zero-order valence-electron chi connectivity index (χ0n) is 9.78. The Morgan fingerprint density at radius 2 is 2.00 bits per heavy atom. The summed E-state index contributed by atoms with van der Waals surface area (Å²) in [5, 5.41) is 28.0. The Hall–Kier alpha value is -1.94. The lowest BCUT2D eigenvalue weighted by atomic mass is 10.3. The average Bonchev–Trinajstić information content (AvgIpc) is 2.95. The zero-order chi connectivity index (χ0) is 13.8. The van der Waals surface area contributed by atoms with Gasteiger partial charge in [0.1, 0.15) is 10.0 Å². The van der Waals surface area contributed by atoms with Crippen molar-refractivity contribution in [3.8, 4) is 0 Å². The molecule has 1 amide bonds. The Bertz CT molecular complexity index is 609. The minimum absolute atomic E-state index is 0.0359. The summed E-state index contributed by atoms with van der Waals surface area (Å²) in [5.41, 5.74) is 0. The second-order valence-electron chi connectivity index (χ2n) is 3.48. The van der Waals surface area contributed by atoms with E-state index in [0.29, 0.717) is 10.1 Å². The Morgan fingerprint density at radius 1 is 1.21 bits per heavy atom. The van der Waals surface area contributed by atoms with Gasteiger partial charge < -0.3 is 5.11 Å². The highest BCUT2D eigenvalue weighted by Gasteiger charge is 2.15. The quantitative estimate of drug-likeness (QED) is 0.844. The summed E-state index contributed by atoms with van der Waals surface area (Å²) >= 11 is 2.32. The molecule has 0 saturated heterocycles. The number of aromatic nitrogens is 4. The minimum Gasteiger partial charge on any atom is -0.481 e. The van der Waals surface area contributed by atoms with E-state index < -0.39 is 11.9 Å². The third kappa shape index (κ3) is 3.76. The van der Waals surface area contributed by atoms with Crippen molar-refractivity contribution >= 4 is 39.7 Å². The maximum Gasteiger partial charge on any atom is 0.303 e. The van der Waals surface area contributed by atoms with Gasteiger partial charge in [0, 0.05) is 6.42 Å². The molecule has 2 N–H and O–H groups in total. The topological polar surface area (TPSA) is 118 Å². The molecule has 0 aromatic carbocycles. The Morgan fingerprint density at radius 3 is 2.63 bits per heavy atom. The van der Waals surface area contributed by atoms with Gasteiger partial charge in [-0.25, -0.2) is 0 Å². The monoisotopic (exact) mass is 299 g/mol. The van der Waals surface area contributed by atoms with Gasteiger partial charge in [-0.2, -0.15) is 0 Å². The van der Waals surface area contributed by atoms with Crippen LogP contribution in [0.1, 0.15) is 26.2 Å². The van der Waals surface area contributed by atoms with Crippen LogP contribution in [0.2, 0.25) is 0 Å². The molecular formula is C9H9N5O3S2. The van der Waals surface area contributed by atoms with Gasteiger partial charge in [-0.05, 0) is 6.92 Å². The van der Waals surface area contributed by atoms with Crippen LogP contribution in [0.3, 0.4) is 0 Å². The molecule has 100 valence electrons. The summed E-state index contributed by atoms with van der Waals surface area (Å²) in [6.07, 6.45) is 0.226. The molecule has 0 bridgehead atoms. The number of hydrogen-bond donors (Lipinski definition) is 2. The molecule has 0 spiro atoms. The minimum atomic E-state index is -0.912. The lowest BCUT2D eigenvalue weighted by molar-refractivity contribution is -0.136. The highest BCUT2D eigenvalue weighted by Crippen LogP contribution is 2.17. The van der Waals surface area contributed by atoms with Gasteiger partial charge in [0.15, 0.2) is 0 Å². The van der Waals surface area contributed by atoms with Gasteiger partial charge in [-0.1, -0.05) is 22.7 Å². The summed E-state index contributed by atoms with van der Waals surface area (Å²) in [4.78, 5) is 22.2. The highest BCUT2D eigenvalue weighted by molar-refractivity contribution is 7.15. The molecule has 0 fully saturated rings. The average molecular weight is 299 g/mol. The lowest BCUT2D eigenvalue weighted by Gasteiger charge is -1.94. The number of hydrogen-bond acceptors (Lipinski definition) is 8. The van der Waals surface area contributed by atoms with E-state index in [1.165, 1.54) is 11.3 Å². The maximum absolute atomic E-state index is 11.8. The molecular weight excluding hydrogens is 290 g/mol. The van der Waals surface area contributed by atoms with E-state index in [9.17, 15) is 9.59 Å². The van der Waals surface area contributed by atoms with Crippen molar-refractivity contribution in [1.82, 2.24) is 20.4 Å². The maximum atomic E-state index is 11.8. The molecule has 0 unspecified atom stereocenters. The number of carbonyl (C=O) groups is 2. The molecule has 10 heteroatoms. The van der Waals surface area contributed by atoms with Gasteiger partial charge >= 0.3 is 5.97 Å². The first-order valence-corrected chi connectivity index (χ1v) is 6.83. The second-order valence-corrected chi connectivity index (χ2v) is 5.72. The van der Waals surface area contributed by atoms with E-state index in [1.54, 1.807) is 6.92 Å². The fraction of sp³-hybridized carbons (Fsp3) is 0.333. The summed E-state index contributed by atoms with van der Waals surface area (Å²) < 4.78 is 0. The first-order chi connectivity index (χ1) is 9.04. The largest absolute Gasteiger partial charge is 0.481 e. The molecule has 8 nitrogen and oxygen atoms in total. The van der Waals surface area contributed by atoms with E-state index >= 15 is 0 Å². The van der Waals surface area contributed by atoms with Crippen molar-refractivity contribution in [2.75, 3.05) is 5.32 Å². The van der Waals surface area contributed by atoms with E-state index in [-0.39, 0.29) is 17.8 Å². The van der Waals surface area contributed by atoms with E-state index in [1.807, 2.05) is 0 Å². The van der Waals surface area contributed by atoms with Crippen LogP contribution in [-0.2, 0) is 11.2 Å². The van der Waals surface area contributed by atoms with Crippen LogP contribution in [0.4, 0.5) is 5.13 Å². The van der Waals surface area contributed by atoms with Crippen LogP contribution in [0.5, 0.6) is 0 Å². The van der Waals surface area contributed by atoms with Crippen molar-refractivity contribution in [2.24, 2.45) is 0 Å². The van der Waals surface area contributed by atoms with Crippen LogP contribution < -0.4 is 5.32 Å². The summed E-state index contributed by atoms with van der Waals surface area (Å²) in [5.74, 6) is -1.33. The van der Waals surface area contributed by atoms with Gasteiger partial charge in [0.2, 0.25) is 10.1 Å². The van der Waals surface area contributed by atoms with Gasteiger partial charge in [-0.3, -0.25) is 14.9 Å². The number of rotatable bonds is 5. The van der Waals surface area contributed by atoms with Crippen molar-refractivity contribution in [3.63, 3.8) is 0 Å². The van der Waals surface area contributed by atoms with Crippen molar-refractivity contribution < 1.29 is 14.7 Å². The summed E-state index contributed by atoms with van der Waals surface area (Å²) in [6, 6.07) is 0. The van der Waals surface area contributed by atoms with E-state index in [4.69, 9.17) is 5.11 Å². The lowest BCUT2D eigenvalue weighted by Crippen LogP contribution is -2.11. The highest BCUT2D eigenvalue weighted by atomic mass is 32.1. The number of amides is 1. The molecule has 0 aliphatic carbocycles. The number of anilines is 1. The van der Waals surface area contributed by atoms with Gasteiger partial charge in [-0.15, -0.1) is 20.4 Å². The van der Waals surface area contributed by atoms with Gasteiger partial charge in [0.05, 0.1) is 6.42 Å². The van der Waals surface area contributed by atoms with Crippen LogP contribution in [0, 0.1) is 6.92 Å². The molecule has 2 rings (SSSR count). The molecule has 2 heterocycles. The Labute approximate surface area is 115 Å². The fourth-order valence-corrected chi connectivity index (χ4v) is 2.48. The number of aryl methyl sites for hydroxylation is 2. The van der Waals surface area contributed by atoms with Gasteiger partial charge in [0.25, 0.3) is 5.91 Å². The van der Waals surface area contributed by atoms with Crippen molar-refractivity contribution in [3.05, 3.63) is 15.0 Å². The number of nitrogens with zero attached hydrogens (tertiary/aromatic N) is 4. The molecule has 0 atom stereocenters. The summed E-state index contributed by atoms with van der Waals surface area (Å²) in [6.45, 7) is 1.78.